The zero-order valence-electron chi connectivity index (χ0n) is 14.2. The Bertz CT molecular complexity index is 844. The van der Waals surface area contributed by atoms with Gasteiger partial charge >= 0.3 is 0 Å². The normalized spacial score (nSPS) is 18.2. The summed E-state index contributed by atoms with van der Waals surface area (Å²) in [6, 6.07) is 11.7. The molecule has 4 rings (SSSR count). The maximum atomic E-state index is 12.9. The molecule has 0 aromatic heterocycles. The van der Waals surface area contributed by atoms with Crippen LogP contribution in [0.15, 0.2) is 40.9 Å². The highest BCUT2D eigenvalue weighted by Gasteiger charge is 2.31. The summed E-state index contributed by atoms with van der Waals surface area (Å²) in [6.07, 6.45) is 0.352. The molecule has 1 amide bonds. The molecule has 2 aromatic rings. The summed E-state index contributed by atoms with van der Waals surface area (Å²) in [5.41, 5.74) is 2.03. The van der Waals surface area contributed by atoms with E-state index in [1.165, 1.54) is 0 Å². The van der Waals surface area contributed by atoms with Gasteiger partial charge in [-0.3, -0.25) is 4.79 Å². The molecule has 0 bridgehead atoms. The van der Waals surface area contributed by atoms with Crippen LogP contribution in [0.4, 0.5) is 0 Å². The Labute approximate surface area is 164 Å². The van der Waals surface area contributed by atoms with Crippen LogP contribution in [0.25, 0.3) is 0 Å². The van der Waals surface area contributed by atoms with Crippen molar-refractivity contribution in [1.29, 1.82) is 0 Å². The molecule has 5 nitrogen and oxygen atoms in total. The molecule has 0 spiro atoms. The molecule has 1 atom stereocenters. The molecule has 1 fully saturated rings. The predicted molar refractivity (Wildman–Crippen MR) is 104 cm³/mol. The van der Waals surface area contributed by atoms with Gasteiger partial charge in [0, 0.05) is 12.3 Å². The summed E-state index contributed by atoms with van der Waals surface area (Å²) < 4.78 is 16.9. The molecule has 1 saturated heterocycles. The fraction of sp³-hybridized carbons (Fsp3) is 0.316. The molecular formula is C19H18BrNO4S. The van der Waals surface area contributed by atoms with E-state index in [0.717, 1.165) is 39.4 Å². The molecule has 7 heteroatoms. The molecule has 1 unspecified atom stereocenters. The van der Waals surface area contributed by atoms with Crippen molar-refractivity contribution in [1.82, 2.24) is 4.90 Å². The van der Waals surface area contributed by atoms with Gasteiger partial charge in [0.2, 0.25) is 12.7 Å². The molecule has 0 radical (unpaired) electrons. The van der Waals surface area contributed by atoms with Gasteiger partial charge in [-0.2, -0.15) is 0 Å². The maximum absolute atomic E-state index is 12.9. The van der Waals surface area contributed by atoms with Gasteiger partial charge < -0.3 is 19.1 Å². The van der Waals surface area contributed by atoms with Crippen molar-refractivity contribution in [3.8, 4) is 17.2 Å². The second-order valence-corrected chi connectivity index (χ2v) is 8.11. The second kappa shape index (κ2) is 7.40. The number of methoxy groups -OCH3 is 1. The van der Waals surface area contributed by atoms with Crippen LogP contribution in [-0.4, -0.2) is 37.0 Å². The summed E-state index contributed by atoms with van der Waals surface area (Å²) in [5, 5.41) is 0.0266. The fourth-order valence-electron chi connectivity index (χ4n) is 3.16. The molecule has 2 aliphatic heterocycles. The number of carbonyl (C=O) groups is 1. The number of hydrogen-bond donors (Lipinski definition) is 0. The third kappa shape index (κ3) is 3.38. The third-order valence-electron chi connectivity index (χ3n) is 4.46. The van der Waals surface area contributed by atoms with Gasteiger partial charge in [0.15, 0.2) is 11.5 Å². The van der Waals surface area contributed by atoms with Gasteiger partial charge in [-0.15, -0.1) is 11.8 Å². The number of thioether (sulfide) groups is 1. The van der Waals surface area contributed by atoms with Gasteiger partial charge in [0.1, 0.15) is 11.1 Å². The Morgan fingerprint density at radius 2 is 2.12 bits per heavy atom. The number of carbonyl (C=O) groups excluding carboxylic acids is 1. The lowest BCUT2D eigenvalue weighted by atomic mass is 10.1. The molecule has 0 saturated carbocycles. The van der Waals surface area contributed by atoms with E-state index in [9.17, 15) is 4.79 Å². The van der Waals surface area contributed by atoms with Crippen LogP contribution in [0.2, 0.25) is 0 Å². The first-order valence-electron chi connectivity index (χ1n) is 8.29. The van der Waals surface area contributed by atoms with Crippen LogP contribution in [0.3, 0.4) is 0 Å². The fourth-order valence-corrected chi connectivity index (χ4v) is 4.99. The minimum atomic E-state index is 0.0266. The van der Waals surface area contributed by atoms with Crippen LogP contribution in [-0.2, 0) is 11.2 Å². The van der Waals surface area contributed by atoms with E-state index in [1.54, 1.807) is 18.9 Å². The quantitative estimate of drug-likeness (QED) is 0.725. The number of benzene rings is 2. The summed E-state index contributed by atoms with van der Waals surface area (Å²) >= 11 is 5.31. The van der Waals surface area contributed by atoms with Gasteiger partial charge in [-0.05, 0) is 51.3 Å². The van der Waals surface area contributed by atoms with E-state index in [0.29, 0.717) is 12.2 Å². The molecule has 0 aliphatic carbocycles. The predicted octanol–water partition coefficient (Wildman–Crippen LogP) is 4.00. The number of halogens is 1. The molecule has 2 aromatic carbocycles. The highest BCUT2D eigenvalue weighted by atomic mass is 79.9. The highest BCUT2D eigenvalue weighted by Crippen LogP contribution is 2.41. The van der Waals surface area contributed by atoms with Gasteiger partial charge in [0.25, 0.3) is 0 Å². The maximum Gasteiger partial charge on any atom is 0.231 e. The lowest BCUT2D eigenvalue weighted by molar-refractivity contribution is -0.130. The Morgan fingerprint density at radius 1 is 1.27 bits per heavy atom. The number of rotatable bonds is 4. The Morgan fingerprint density at radius 3 is 2.92 bits per heavy atom. The van der Waals surface area contributed by atoms with Crippen LogP contribution in [0, 0.1) is 0 Å². The molecule has 136 valence electrons. The largest absolute Gasteiger partial charge is 0.496 e. The summed E-state index contributed by atoms with van der Waals surface area (Å²) in [6.45, 7) is 0.992. The van der Waals surface area contributed by atoms with Gasteiger partial charge in [0.05, 0.1) is 18.0 Å². The monoisotopic (exact) mass is 435 g/mol. The first-order chi connectivity index (χ1) is 12.7. The first kappa shape index (κ1) is 17.5. The van der Waals surface area contributed by atoms with Crippen molar-refractivity contribution in [2.75, 3.05) is 26.2 Å². The van der Waals surface area contributed by atoms with Crippen molar-refractivity contribution < 1.29 is 19.0 Å². The van der Waals surface area contributed by atoms with E-state index in [4.69, 9.17) is 14.2 Å². The average molecular weight is 436 g/mol. The van der Waals surface area contributed by atoms with Crippen molar-refractivity contribution in [3.63, 3.8) is 0 Å². The Kier molecular flexibility index (Phi) is 5.00. The van der Waals surface area contributed by atoms with Crippen molar-refractivity contribution in [2.24, 2.45) is 0 Å². The number of ether oxygens (including phenoxy) is 3. The number of amides is 1. The lowest BCUT2D eigenvalue weighted by Crippen LogP contribution is -2.31. The minimum absolute atomic E-state index is 0.0266. The van der Waals surface area contributed by atoms with E-state index in [-0.39, 0.29) is 18.1 Å². The second-order valence-electron chi connectivity index (χ2n) is 6.07. The number of fused-ring (bicyclic) bond motifs is 1. The molecular weight excluding hydrogens is 418 g/mol. The van der Waals surface area contributed by atoms with Crippen LogP contribution >= 0.6 is 27.7 Å². The number of hydrogen-bond acceptors (Lipinski definition) is 5. The molecule has 2 aliphatic rings. The van der Waals surface area contributed by atoms with Crippen molar-refractivity contribution >= 4 is 33.6 Å². The SMILES string of the molecule is COc1ccc(C2SCCN2C(=O)Cc2ccc3c(c2)OCO3)cc1Br. The van der Waals surface area contributed by atoms with E-state index < -0.39 is 0 Å². The smallest absolute Gasteiger partial charge is 0.231 e. The van der Waals surface area contributed by atoms with Crippen LogP contribution in [0.5, 0.6) is 17.2 Å². The first-order valence-corrected chi connectivity index (χ1v) is 10.1. The van der Waals surface area contributed by atoms with E-state index >= 15 is 0 Å². The van der Waals surface area contributed by atoms with Gasteiger partial charge in [-0.1, -0.05) is 12.1 Å². The highest BCUT2D eigenvalue weighted by molar-refractivity contribution is 9.10. The summed E-state index contributed by atoms with van der Waals surface area (Å²) in [7, 11) is 1.64. The van der Waals surface area contributed by atoms with Crippen molar-refractivity contribution in [2.45, 2.75) is 11.8 Å². The zero-order chi connectivity index (χ0) is 18.1. The van der Waals surface area contributed by atoms with Crippen LogP contribution in [0.1, 0.15) is 16.5 Å². The van der Waals surface area contributed by atoms with Crippen molar-refractivity contribution in [3.05, 3.63) is 52.0 Å². The standard InChI is InChI=1S/C19H18BrNO4S/c1-23-15-5-3-13(10-14(15)20)19-21(6-7-26-19)18(22)9-12-2-4-16-17(8-12)25-11-24-16/h2-5,8,10,19H,6-7,9,11H2,1H3. The van der Waals surface area contributed by atoms with Crippen LogP contribution < -0.4 is 14.2 Å². The van der Waals surface area contributed by atoms with Gasteiger partial charge in [-0.25, -0.2) is 0 Å². The Hall–Kier alpha value is -1.86. The van der Waals surface area contributed by atoms with E-state index in [1.807, 2.05) is 41.3 Å². The molecule has 2 heterocycles. The number of nitrogens with zero attached hydrogens (tertiary/aromatic N) is 1. The summed E-state index contributed by atoms with van der Waals surface area (Å²) in [5.74, 6) is 3.28. The topological polar surface area (TPSA) is 48.0 Å². The summed E-state index contributed by atoms with van der Waals surface area (Å²) in [4.78, 5) is 14.9. The van der Waals surface area contributed by atoms with E-state index in [2.05, 4.69) is 15.9 Å². The molecule has 0 N–H and O–H groups in total. The Balaban J connectivity index is 1.51. The third-order valence-corrected chi connectivity index (χ3v) is 6.35. The lowest BCUT2D eigenvalue weighted by Gasteiger charge is -2.24. The minimum Gasteiger partial charge on any atom is -0.496 e. The average Bonchev–Trinajstić information content (AvgIpc) is 3.30. The molecule has 26 heavy (non-hydrogen) atoms. The zero-order valence-corrected chi connectivity index (χ0v) is 16.6.